The third-order valence-electron chi connectivity index (χ3n) is 0.981. The Morgan fingerprint density at radius 2 is 2.11 bits per heavy atom. The third kappa shape index (κ3) is 3.78. The Morgan fingerprint density at radius 3 is 2.22 bits per heavy atom. The molecule has 0 aromatic heterocycles. The smallest absolute Gasteiger partial charge is 0.404 e. The highest BCUT2D eigenvalue weighted by Crippen LogP contribution is 1.95. The largest absolute Gasteiger partial charge is 0.444 e. The van der Waals surface area contributed by atoms with Crippen LogP contribution < -0.4 is 5.73 Å². The molecule has 0 aromatic rings. The molecule has 9 heavy (non-hydrogen) atoms. The second-order valence-corrected chi connectivity index (χ2v) is 1.88. The number of aliphatic hydroxyl groups is 1. The minimum Gasteiger partial charge on any atom is -0.444 e. The van der Waals surface area contributed by atoms with Gasteiger partial charge in [0.2, 0.25) is 0 Å². The van der Waals surface area contributed by atoms with E-state index >= 15 is 0 Å². The van der Waals surface area contributed by atoms with Gasteiger partial charge in [-0.1, -0.05) is 0 Å². The molecule has 0 aliphatic heterocycles. The molecule has 0 aliphatic rings. The van der Waals surface area contributed by atoms with Crippen molar-refractivity contribution in [1.29, 1.82) is 0 Å². The first kappa shape index (κ1) is 8.23. The summed E-state index contributed by atoms with van der Waals surface area (Å²) in [5.41, 5.74) is 4.66. The van der Waals surface area contributed by atoms with Crippen LogP contribution in [0.3, 0.4) is 0 Å². The van der Waals surface area contributed by atoms with Crippen LogP contribution in [0, 0.1) is 0 Å². The van der Waals surface area contributed by atoms with Crippen LogP contribution in [0.1, 0.15) is 13.8 Å². The first-order chi connectivity index (χ1) is 4.04. The van der Waals surface area contributed by atoms with E-state index in [4.69, 9.17) is 5.11 Å². The van der Waals surface area contributed by atoms with Crippen molar-refractivity contribution in [3.63, 3.8) is 0 Å². The Labute approximate surface area is 53.6 Å². The molecule has 0 aromatic carbocycles. The van der Waals surface area contributed by atoms with E-state index < -0.39 is 18.3 Å². The molecule has 0 fully saturated rings. The summed E-state index contributed by atoms with van der Waals surface area (Å²) >= 11 is 0. The van der Waals surface area contributed by atoms with Crippen molar-refractivity contribution in [3.8, 4) is 0 Å². The summed E-state index contributed by atoms with van der Waals surface area (Å²) in [6.07, 6.45) is -2.05. The van der Waals surface area contributed by atoms with Crippen LogP contribution in [-0.4, -0.2) is 23.4 Å². The summed E-state index contributed by atoms with van der Waals surface area (Å²) in [6, 6.07) is 0. The van der Waals surface area contributed by atoms with Gasteiger partial charge >= 0.3 is 6.09 Å². The standard InChI is InChI=1S/C5H11NO3/c1-3(7)4(2)9-5(6)8/h3-4,7H,1-2H3,(H2,6,8)/t3-,4+/m1/s1. The summed E-state index contributed by atoms with van der Waals surface area (Å²) in [6.45, 7) is 3.09. The van der Waals surface area contributed by atoms with E-state index in [1.54, 1.807) is 6.92 Å². The van der Waals surface area contributed by atoms with E-state index in [2.05, 4.69) is 10.5 Å². The lowest BCUT2D eigenvalue weighted by molar-refractivity contribution is 0.0266. The van der Waals surface area contributed by atoms with Crippen molar-refractivity contribution in [2.75, 3.05) is 0 Å². The molecule has 0 unspecified atom stereocenters. The van der Waals surface area contributed by atoms with Gasteiger partial charge in [0, 0.05) is 0 Å². The van der Waals surface area contributed by atoms with Crippen LogP contribution in [0.4, 0.5) is 4.79 Å². The average Bonchev–Trinajstić information content (AvgIpc) is 1.63. The maximum absolute atomic E-state index is 10.0. The van der Waals surface area contributed by atoms with E-state index in [1.807, 2.05) is 0 Å². The first-order valence-electron chi connectivity index (χ1n) is 2.68. The highest BCUT2D eigenvalue weighted by Gasteiger charge is 2.10. The van der Waals surface area contributed by atoms with Crippen LogP contribution in [0.5, 0.6) is 0 Å². The maximum atomic E-state index is 10.0. The Morgan fingerprint density at radius 1 is 1.67 bits per heavy atom. The van der Waals surface area contributed by atoms with Crippen LogP contribution in [-0.2, 0) is 4.74 Å². The summed E-state index contributed by atoms with van der Waals surface area (Å²) < 4.78 is 4.40. The molecular weight excluding hydrogens is 122 g/mol. The second kappa shape index (κ2) is 3.29. The number of primary amides is 1. The van der Waals surface area contributed by atoms with Gasteiger partial charge in [0.15, 0.2) is 0 Å². The average molecular weight is 133 g/mol. The van der Waals surface area contributed by atoms with Gasteiger partial charge in [-0.3, -0.25) is 0 Å². The maximum Gasteiger partial charge on any atom is 0.404 e. The van der Waals surface area contributed by atoms with Crippen molar-refractivity contribution < 1.29 is 14.6 Å². The fourth-order valence-electron chi connectivity index (χ4n) is 0.282. The Hall–Kier alpha value is -0.770. The van der Waals surface area contributed by atoms with Gasteiger partial charge in [0.1, 0.15) is 6.10 Å². The normalized spacial score (nSPS) is 16.3. The molecule has 0 saturated carbocycles. The number of ether oxygens (including phenoxy) is 1. The van der Waals surface area contributed by atoms with Gasteiger partial charge in [-0.25, -0.2) is 4.79 Å². The third-order valence-corrected chi connectivity index (χ3v) is 0.981. The van der Waals surface area contributed by atoms with Crippen LogP contribution in [0.15, 0.2) is 0 Å². The molecule has 0 bridgehead atoms. The zero-order valence-corrected chi connectivity index (χ0v) is 5.50. The molecule has 0 heterocycles. The summed E-state index contributed by atoms with van der Waals surface area (Å²) in [5.74, 6) is 0. The fraction of sp³-hybridized carbons (Fsp3) is 0.800. The molecule has 4 heteroatoms. The molecule has 0 radical (unpaired) electrons. The van der Waals surface area contributed by atoms with Crippen molar-refractivity contribution in [2.45, 2.75) is 26.1 Å². The number of carbonyl (C=O) groups excluding carboxylic acids is 1. The number of hydrogen-bond donors (Lipinski definition) is 2. The van der Waals surface area contributed by atoms with E-state index in [1.165, 1.54) is 6.92 Å². The number of carbonyl (C=O) groups is 1. The Bertz CT molecular complexity index is 102. The topological polar surface area (TPSA) is 72.5 Å². The number of hydrogen-bond acceptors (Lipinski definition) is 3. The van der Waals surface area contributed by atoms with Crippen molar-refractivity contribution in [2.24, 2.45) is 5.73 Å². The number of aliphatic hydroxyl groups excluding tert-OH is 1. The summed E-state index contributed by atoms with van der Waals surface area (Å²) in [4.78, 5) is 10.0. The number of amides is 1. The van der Waals surface area contributed by atoms with Crippen molar-refractivity contribution in [1.82, 2.24) is 0 Å². The molecule has 0 rings (SSSR count). The van der Waals surface area contributed by atoms with E-state index in [-0.39, 0.29) is 0 Å². The minimum absolute atomic E-state index is 0.525. The first-order valence-corrected chi connectivity index (χ1v) is 2.68. The molecule has 3 N–H and O–H groups in total. The quantitative estimate of drug-likeness (QED) is 0.550. The number of nitrogens with two attached hydrogens (primary N) is 1. The van der Waals surface area contributed by atoms with Crippen molar-refractivity contribution in [3.05, 3.63) is 0 Å². The predicted octanol–water partition coefficient (Wildman–Crippen LogP) is -0.149. The summed E-state index contributed by atoms with van der Waals surface area (Å²) in [5, 5.41) is 8.74. The van der Waals surface area contributed by atoms with Gasteiger partial charge < -0.3 is 15.6 Å². The van der Waals surface area contributed by atoms with Crippen LogP contribution >= 0.6 is 0 Å². The molecule has 2 atom stereocenters. The molecular formula is C5H11NO3. The fourth-order valence-corrected chi connectivity index (χ4v) is 0.282. The minimum atomic E-state index is -0.858. The summed E-state index contributed by atoms with van der Waals surface area (Å²) in [7, 11) is 0. The van der Waals surface area contributed by atoms with Gasteiger partial charge in [-0.05, 0) is 13.8 Å². The predicted molar refractivity (Wildman–Crippen MR) is 31.8 cm³/mol. The van der Waals surface area contributed by atoms with Gasteiger partial charge in [0.25, 0.3) is 0 Å². The SMILES string of the molecule is C[C@H](OC(N)=O)[C@@H](C)O. The zero-order chi connectivity index (χ0) is 7.44. The second-order valence-electron chi connectivity index (χ2n) is 1.88. The lowest BCUT2D eigenvalue weighted by atomic mass is 10.3. The molecule has 0 spiro atoms. The molecule has 0 aliphatic carbocycles. The van der Waals surface area contributed by atoms with E-state index in [0.29, 0.717) is 0 Å². The zero-order valence-electron chi connectivity index (χ0n) is 5.50. The van der Waals surface area contributed by atoms with Gasteiger partial charge in [-0.2, -0.15) is 0 Å². The highest BCUT2D eigenvalue weighted by molar-refractivity contribution is 5.64. The van der Waals surface area contributed by atoms with Gasteiger partial charge in [-0.15, -0.1) is 0 Å². The van der Waals surface area contributed by atoms with E-state index in [9.17, 15) is 4.79 Å². The molecule has 4 nitrogen and oxygen atoms in total. The Balaban J connectivity index is 3.50. The highest BCUT2D eigenvalue weighted by atomic mass is 16.6. The Kier molecular flexibility index (Phi) is 3.01. The van der Waals surface area contributed by atoms with Crippen LogP contribution in [0.25, 0.3) is 0 Å². The monoisotopic (exact) mass is 133 g/mol. The van der Waals surface area contributed by atoms with Crippen LogP contribution in [0.2, 0.25) is 0 Å². The van der Waals surface area contributed by atoms with Gasteiger partial charge in [0.05, 0.1) is 6.10 Å². The van der Waals surface area contributed by atoms with Crippen molar-refractivity contribution >= 4 is 6.09 Å². The lowest BCUT2D eigenvalue weighted by Gasteiger charge is -2.12. The lowest BCUT2D eigenvalue weighted by Crippen LogP contribution is -2.28. The van der Waals surface area contributed by atoms with E-state index in [0.717, 1.165) is 0 Å². The molecule has 1 amide bonds. The molecule has 0 saturated heterocycles. The number of rotatable bonds is 2. The molecule has 54 valence electrons.